The van der Waals surface area contributed by atoms with Gasteiger partial charge >= 0.3 is 6.18 Å². The number of halogens is 3. The molecule has 3 saturated carbocycles. The molecule has 1 spiro atoms. The molecule has 2 heterocycles. The number of rotatable bonds is 0. The average Bonchev–Trinajstić information content (AvgIpc) is 3.08. The summed E-state index contributed by atoms with van der Waals surface area (Å²) in [5.41, 5.74) is 2.95. The number of hydrogen-bond acceptors (Lipinski definition) is 2. The van der Waals surface area contributed by atoms with Gasteiger partial charge in [0.15, 0.2) is 0 Å². The van der Waals surface area contributed by atoms with Gasteiger partial charge in [0, 0.05) is 23.2 Å². The Bertz CT molecular complexity index is 1180. The maximum Gasteiger partial charge on any atom is 0.418 e. The highest BCUT2D eigenvalue weighted by molar-refractivity contribution is 6.07. The Kier molecular flexibility index (Phi) is 2.63. The predicted octanol–water partition coefficient (Wildman–Crippen LogP) is 6.19. The van der Waals surface area contributed by atoms with Crippen molar-refractivity contribution >= 4 is 21.8 Å². The smallest absolute Gasteiger partial charge is 0.256 e. The largest absolute Gasteiger partial charge is 0.418 e. The second kappa shape index (κ2) is 4.69. The molecule has 4 aliphatic rings. The highest BCUT2D eigenvalue weighted by Crippen LogP contribution is 2.76. The highest BCUT2D eigenvalue weighted by Gasteiger charge is 2.65. The van der Waals surface area contributed by atoms with E-state index in [-0.39, 0.29) is 5.52 Å². The van der Waals surface area contributed by atoms with Crippen molar-refractivity contribution in [3.63, 3.8) is 0 Å². The minimum atomic E-state index is -4.42. The molecule has 3 bridgehead atoms. The first kappa shape index (κ1) is 15.7. The number of hydrogen-bond donors (Lipinski definition) is 0. The number of benzene rings is 1. The van der Waals surface area contributed by atoms with E-state index in [1.54, 1.807) is 12.1 Å². The lowest BCUT2D eigenvalue weighted by Crippen LogP contribution is -2.41. The highest BCUT2D eigenvalue weighted by atomic mass is 19.4. The molecule has 3 aromatic rings. The van der Waals surface area contributed by atoms with Crippen LogP contribution in [0.5, 0.6) is 0 Å². The van der Waals surface area contributed by atoms with E-state index >= 15 is 0 Å². The molecule has 1 aromatic carbocycles. The number of pyridine rings is 2. The molecule has 0 aliphatic heterocycles. The predicted molar refractivity (Wildman–Crippen MR) is 100 cm³/mol. The zero-order chi connectivity index (χ0) is 18.8. The van der Waals surface area contributed by atoms with Crippen molar-refractivity contribution in [2.24, 2.45) is 17.3 Å². The number of fused-ring (bicyclic) bond motifs is 9. The molecule has 2 nitrogen and oxygen atoms in total. The topological polar surface area (TPSA) is 25.8 Å². The first-order chi connectivity index (χ1) is 13.5. The lowest BCUT2D eigenvalue weighted by Gasteiger charge is -2.48. The van der Waals surface area contributed by atoms with Crippen LogP contribution in [-0.2, 0) is 6.18 Å². The van der Waals surface area contributed by atoms with Gasteiger partial charge in [0.25, 0.3) is 0 Å². The Labute approximate surface area is 160 Å². The Morgan fingerprint density at radius 1 is 0.929 bits per heavy atom. The molecule has 7 rings (SSSR count). The van der Waals surface area contributed by atoms with Crippen LogP contribution in [0.25, 0.3) is 21.8 Å². The van der Waals surface area contributed by atoms with Crippen LogP contribution in [0.1, 0.15) is 60.6 Å². The van der Waals surface area contributed by atoms with Gasteiger partial charge in [-0.25, -0.2) is 0 Å². The van der Waals surface area contributed by atoms with E-state index in [1.807, 2.05) is 6.20 Å². The second-order valence-corrected chi connectivity index (χ2v) is 9.48. The Balaban J connectivity index is 1.60. The summed E-state index contributed by atoms with van der Waals surface area (Å²) < 4.78 is 41.7. The molecule has 3 fully saturated rings. The van der Waals surface area contributed by atoms with E-state index in [1.165, 1.54) is 42.7 Å². The van der Waals surface area contributed by atoms with Crippen LogP contribution >= 0.6 is 0 Å². The molecular weight excluding hydrogens is 361 g/mol. The lowest BCUT2D eigenvalue weighted by atomic mass is 9.56. The van der Waals surface area contributed by atoms with E-state index in [9.17, 15) is 13.2 Å². The molecule has 0 N–H and O–H groups in total. The maximum absolute atomic E-state index is 13.9. The van der Waals surface area contributed by atoms with E-state index in [0.29, 0.717) is 28.2 Å². The molecule has 5 unspecified atom stereocenters. The summed E-state index contributed by atoms with van der Waals surface area (Å²) >= 11 is 0. The van der Waals surface area contributed by atoms with Crippen molar-refractivity contribution < 1.29 is 13.2 Å². The zero-order valence-electron chi connectivity index (χ0n) is 15.3. The molecule has 2 aromatic heterocycles. The third-order valence-corrected chi connectivity index (χ3v) is 8.54. The van der Waals surface area contributed by atoms with Crippen molar-refractivity contribution in [2.75, 3.05) is 0 Å². The van der Waals surface area contributed by atoms with E-state index in [0.717, 1.165) is 30.1 Å². The number of alkyl halides is 3. The van der Waals surface area contributed by atoms with E-state index < -0.39 is 11.7 Å². The van der Waals surface area contributed by atoms with Crippen LogP contribution in [-0.4, -0.2) is 9.97 Å². The van der Waals surface area contributed by atoms with Crippen LogP contribution in [0.15, 0.2) is 30.6 Å². The first-order valence-electron chi connectivity index (χ1n) is 10.2. The van der Waals surface area contributed by atoms with Gasteiger partial charge in [-0.1, -0.05) is 0 Å². The monoisotopic (exact) mass is 380 g/mol. The minimum Gasteiger partial charge on any atom is -0.256 e. The third-order valence-electron chi connectivity index (χ3n) is 8.54. The molecule has 4 aliphatic carbocycles. The fraction of sp³-hybridized carbons (Fsp3) is 0.478. The SMILES string of the molecule is FC(F)(F)c1cc2c3c(cnc2c2cccnc12)C1CC2CC4CC3CC24C1. The second-order valence-electron chi connectivity index (χ2n) is 9.48. The van der Waals surface area contributed by atoms with Crippen LogP contribution < -0.4 is 0 Å². The zero-order valence-corrected chi connectivity index (χ0v) is 15.3. The first-order valence-corrected chi connectivity index (χ1v) is 10.2. The molecule has 0 saturated heterocycles. The van der Waals surface area contributed by atoms with Crippen molar-refractivity contribution in [2.45, 2.75) is 50.1 Å². The van der Waals surface area contributed by atoms with Crippen LogP contribution in [0.4, 0.5) is 13.2 Å². The number of aromatic nitrogens is 2. The summed E-state index contributed by atoms with van der Waals surface area (Å²) in [6.07, 6.45) is 5.04. The van der Waals surface area contributed by atoms with Crippen molar-refractivity contribution in [3.8, 4) is 0 Å². The van der Waals surface area contributed by atoms with Gasteiger partial charge in [0.2, 0.25) is 0 Å². The minimum absolute atomic E-state index is 0.00948. The van der Waals surface area contributed by atoms with Gasteiger partial charge in [-0.2, -0.15) is 13.2 Å². The molecule has 0 radical (unpaired) electrons. The summed E-state index contributed by atoms with van der Waals surface area (Å²) in [7, 11) is 0. The van der Waals surface area contributed by atoms with Gasteiger partial charge in [0.1, 0.15) is 0 Å². The van der Waals surface area contributed by atoms with Crippen LogP contribution in [0, 0.1) is 17.3 Å². The van der Waals surface area contributed by atoms with Crippen molar-refractivity contribution in [3.05, 3.63) is 47.3 Å². The standard InChI is InChI=1S/C23H19F3N2/c24-23(25,26)18-7-16-19-12-5-14-6-13-4-11(8-22(13,14)9-12)17(19)10-28-20(16)15-2-1-3-27-21(15)18/h1-3,7,10-14H,4-6,8-9H2. The van der Waals surface area contributed by atoms with Crippen LogP contribution in [0.2, 0.25) is 0 Å². The lowest BCUT2D eigenvalue weighted by molar-refractivity contribution is -0.136. The molecule has 142 valence electrons. The Morgan fingerprint density at radius 2 is 1.71 bits per heavy atom. The van der Waals surface area contributed by atoms with Gasteiger partial charge in [-0.3, -0.25) is 9.97 Å². The number of nitrogens with zero attached hydrogens (tertiary/aromatic N) is 2. The Morgan fingerprint density at radius 3 is 2.54 bits per heavy atom. The summed E-state index contributed by atoms with van der Waals surface area (Å²) in [6.45, 7) is 0. The molecule has 5 atom stereocenters. The summed E-state index contributed by atoms with van der Waals surface area (Å²) in [4.78, 5) is 8.79. The van der Waals surface area contributed by atoms with Gasteiger partial charge in [-0.05, 0) is 90.5 Å². The van der Waals surface area contributed by atoms with Crippen LogP contribution in [0.3, 0.4) is 0 Å². The van der Waals surface area contributed by atoms with Gasteiger partial charge in [0.05, 0.1) is 16.6 Å². The van der Waals surface area contributed by atoms with E-state index in [4.69, 9.17) is 4.98 Å². The summed E-state index contributed by atoms with van der Waals surface area (Å²) in [5.74, 6) is 2.48. The average molecular weight is 380 g/mol. The van der Waals surface area contributed by atoms with Gasteiger partial charge < -0.3 is 0 Å². The van der Waals surface area contributed by atoms with E-state index in [2.05, 4.69) is 4.98 Å². The summed E-state index contributed by atoms with van der Waals surface area (Å²) in [5, 5.41) is 1.23. The van der Waals surface area contributed by atoms with Crippen molar-refractivity contribution in [1.82, 2.24) is 9.97 Å². The summed E-state index contributed by atoms with van der Waals surface area (Å²) in [6, 6.07) is 4.79. The van der Waals surface area contributed by atoms with Gasteiger partial charge in [-0.15, -0.1) is 0 Å². The molecule has 28 heavy (non-hydrogen) atoms. The molecular formula is C23H19F3N2. The quantitative estimate of drug-likeness (QED) is 0.435. The van der Waals surface area contributed by atoms with Crippen molar-refractivity contribution in [1.29, 1.82) is 0 Å². The molecule has 0 amide bonds. The fourth-order valence-electron chi connectivity index (χ4n) is 7.56. The fourth-order valence-corrected chi connectivity index (χ4v) is 7.56. The maximum atomic E-state index is 13.9. The normalized spacial score (nSPS) is 35.1. The Hall–Kier alpha value is -2.17. The third kappa shape index (κ3) is 1.69. The molecule has 5 heteroatoms.